The van der Waals surface area contributed by atoms with Crippen molar-refractivity contribution in [1.29, 1.82) is 0 Å². The summed E-state index contributed by atoms with van der Waals surface area (Å²) in [6.07, 6.45) is 0. The lowest BCUT2D eigenvalue weighted by molar-refractivity contribution is 0.0238. The number of fused-ring (bicyclic) bond motifs is 2. The van der Waals surface area contributed by atoms with Crippen LogP contribution in [-0.4, -0.2) is 114 Å². The van der Waals surface area contributed by atoms with Crippen molar-refractivity contribution in [3.63, 3.8) is 0 Å². The molecule has 0 bridgehead atoms. The molecule has 0 radical (unpaired) electrons. The Kier molecular flexibility index (Phi) is 11.0. The first-order chi connectivity index (χ1) is 21.1. The first kappa shape index (κ1) is 32.9. The quantitative estimate of drug-likeness (QED) is 0.317. The van der Waals surface area contributed by atoms with Crippen molar-refractivity contribution in [2.75, 3.05) is 79.0 Å². The van der Waals surface area contributed by atoms with E-state index in [2.05, 4.69) is 9.97 Å². The highest BCUT2D eigenvalue weighted by molar-refractivity contribution is 7.89. The summed E-state index contributed by atoms with van der Waals surface area (Å²) in [5.74, 6) is 0. The molecule has 3 heterocycles. The number of ether oxygens (including phenoxy) is 4. The Morgan fingerprint density at radius 1 is 0.545 bits per heavy atom. The minimum Gasteiger partial charge on any atom is -0.378 e. The van der Waals surface area contributed by atoms with Crippen molar-refractivity contribution in [2.45, 2.75) is 9.79 Å². The lowest BCUT2D eigenvalue weighted by atomic mass is 10.3. The predicted octanol–water partition coefficient (Wildman–Crippen LogP) is 1.25. The normalized spacial score (nSPS) is 18.7. The summed E-state index contributed by atoms with van der Waals surface area (Å²) in [5, 5.41) is 0. The predicted molar refractivity (Wildman–Crippen MR) is 166 cm³/mol. The average Bonchev–Trinajstić information content (AvgIpc) is 3.56. The maximum atomic E-state index is 13.4. The molecule has 18 heteroatoms. The molecule has 2 N–H and O–H groups in total. The number of hydrogen-bond donors (Lipinski definition) is 2. The van der Waals surface area contributed by atoms with Crippen molar-refractivity contribution in [1.82, 2.24) is 18.6 Å². The van der Waals surface area contributed by atoms with Crippen LogP contribution < -0.4 is 9.75 Å². The van der Waals surface area contributed by atoms with Crippen LogP contribution >= 0.6 is 22.7 Å². The van der Waals surface area contributed by atoms with E-state index >= 15 is 0 Å². The number of benzene rings is 2. The highest BCUT2D eigenvalue weighted by Gasteiger charge is 2.26. The van der Waals surface area contributed by atoms with Crippen LogP contribution in [0.15, 0.2) is 55.8 Å². The fourth-order valence-corrected chi connectivity index (χ4v) is 8.80. The topological polar surface area (TPSA) is 177 Å². The number of nitrogens with one attached hydrogen (secondary N) is 2. The van der Waals surface area contributed by atoms with Gasteiger partial charge in [-0.2, -0.15) is 8.61 Å². The van der Waals surface area contributed by atoms with Crippen LogP contribution in [0.2, 0.25) is 0 Å². The Bertz CT molecular complexity index is 1740. The van der Waals surface area contributed by atoms with Gasteiger partial charge >= 0.3 is 9.75 Å². The van der Waals surface area contributed by atoms with Crippen molar-refractivity contribution in [2.24, 2.45) is 0 Å². The maximum Gasteiger partial charge on any atom is 0.305 e. The Morgan fingerprint density at radius 2 is 0.886 bits per heavy atom. The largest absolute Gasteiger partial charge is 0.378 e. The standard InChI is InChI=1S/C26H32N4O10S4/c31-25-27-21-17-19(1-3-23(21)41-25)43(33,34)29-5-9-37-13-15-39-11-7-30(8-12-40-16-14-38-10-6-29)44(35,36)20-2-4-24-22(18-20)28-26(32)42-24/h1-4,17-18H,5-16H2,(H,27,31)(H,28,32). The Balaban J connectivity index is 1.20. The molecule has 240 valence electrons. The minimum absolute atomic E-state index is 0.0518. The zero-order chi connectivity index (χ0) is 31.2. The highest BCUT2D eigenvalue weighted by Crippen LogP contribution is 2.23. The number of nitrogens with zero attached hydrogens (tertiary/aromatic N) is 2. The molecule has 5 rings (SSSR count). The van der Waals surface area contributed by atoms with Crippen LogP contribution in [-0.2, 0) is 39.0 Å². The Morgan fingerprint density at radius 3 is 1.23 bits per heavy atom. The molecule has 1 fully saturated rings. The van der Waals surface area contributed by atoms with Gasteiger partial charge in [0.05, 0.1) is 83.1 Å². The van der Waals surface area contributed by atoms with Crippen LogP contribution in [0.3, 0.4) is 0 Å². The zero-order valence-electron chi connectivity index (χ0n) is 23.6. The van der Waals surface area contributed by atoms with Crippen molar-refractivity contribution < 1.29 is 35.8 Å². The molecule has 2 aromatic heterocycles. The third-order valence-corrected chi connectivity index (χ3v) is 12.3. The number of thiazole rings is 2. The number of sulfonamides is 2. The first-order valence-corrected chi connectivity index (χ1v) is 18.2. The molecule has 0 spiro atoms. The second-order valence-corrected chi connectivity index (χ2v) is 15.5. The lowest BCUT2D eigenvalue weighted by Crippen LogP contribution is -2.38. The fraction of sp³-hybridized carbons (Fsp3) is 0.462. The van der Waals surface area contributed by atoms with E-state index in [1.807, 2.05) is 0 Å². The number of aromatic amines is 2. The highest BCUT2D eigenvalue weighted by atomic mass is 32.2. The van der Waals surface area contributed by atoms with E-state index in [9.17, 15) is 26.4 Å². The molecule has 14 nitrogen and oxygen atoms in total. The lowest BCUT2D eigenvalue weighted by Gasteiger charge is -2.23. The van der Waals surface area contributed by atoms with Gasteiger partial charge in [-0.3, -0.25) is 9.59 Å². The summed E-state index contributed by atoms with van der Waals surface area (Å²) in [6, 6.07) is 9.04. The molecule has 1 aliphatic heterocycles. The molecule has 44 heavy (non-hydrogen) atoms. The van der Waals surface area contributed by atoms with Gasteiger partial charge in [0.15, 0.2) is 0 Å². The SMILES string of the molecule is O=c1[nH]c2cc(S(=O)(=O)N3CCOCCOCCN(S(=O)(=O)c4ccc5sc(=O)[nH]c5c4)CCOCCOCC3)ccc2s1. The second kappa shape index (κ2) is 14.7. The third-order valence-electron chi connectivity index (χ3n) is 6.74. The van der Waals surface area contributed by atoms with E-state index < -0.39 is 20.0 Å². The van der Waals surface area contributed by atoms with Gasteiger partial charge in [-0.05, 0) is 36.4 Å². The van der Waals surface area contributed by atoms with Gasteiger partial charge in [0.25, 0.3) is 0 Å². The molecule has 2 aromatic carbocycles. The number of H-pyrrole nitrogens is 2. The smallest absolute Gasteiger partial charge is 0.305 e. The Hall–Kier alpha value is -2.52. The van der Waals surface area contributed by atoms with E-state index in [0.29, 0.717) is 20.4 Å². The van der Waals surface area contributed by atoms with Gasteiger partial charge < -0.3 is 28.9 Å². The van der Waals surface area contributed by atoms with E-state index in [0.717, 1.165) is 22.7 Å². The summed E-state index contributed by atoms with van der Waals surface area (Å²) in [6.45, 7) is 1.31. The summed E-state index contributed by atoms with van der Waals surface area (Å²) in [7, 11) is -7.83. The van der Waals surface area contributed by atoms with E-state index in [-0.39, 0.29) is 98.6 Å². The second-order valence-electron chi connectivity index (χ2n) is 9.60. The van der Waals surface area contributed by atoms with Crippen LogP contribution in [0.4, 0.5) is 0 Å². The maximum absolute atomic E-state index is 13.4. The molecular formula is C26H32N4O10S4. The number of aromatic nitrogens is 2. The van der Waals surface area contributed by atoms with Crippen LogP contribution in [0, 0.1) is 0 Å². The van der Waals surface area contributed by atoms with Crippen LogP contribution in [0.5, 0.6) is 0 Å². The van der Waals surface area contributed by atoms with Crippen LogP contribution in [0.1, 0.15) is 0 Å². The first-order valence-electron chi connectivity index (χ1n) is 13.7. The van der Waals surface area contributed by atoms with Gasteiger partial charge in [-0.25, -0.2) is 16.8 Å². The third kappa shape index (κ3) is 8.00. The van der Waals surface area contributed by atoms with E-state index in [1.165, 1.54) is 32.9 Å². The van der Waals surface area contributed by atoms with E-state index in [4.69, 9.17) is 18.9 Å². The Labute approximate surface area is 261 Å². The number of rotatable bonds is 4. The van der Waals surface area contributed by atoms with Gasteiger partial charge in [-0.1, -0.05) is 22.7 Å². The summed E-state index contributed by atoms with van der Waals surface area (Å²) < 4.78 is 80.2. The van der Waals surface area contributed by atoms with Crippen molar-refractivity contribution in [3.8, 4) is 0 Å². The monoisotopic (exact) mass is 688 g/mol. The summed E-state index contributed by atoms with van der Waals surface area (Å²) in [5.41, 5.74) is 0.908. The molecule has 0 aliphatic carbocycles. The minimum atomic E-state index is -3.91. The molecule has 0 amide bonds. The van der Waals surface area contributed by atoms with Gasteiger partial charge in [0.1, 0.15) is 0 Å². The number of hydrogen-bond acceptors (Lipinski definition) is 12. The molecule has 0 saturated carbocycles. The molecule has 4 aromatic rings. The van der Waals surface area contributed by atoms with Crippen molar-refractivity contribution >= 4 is 63.2 Å². The van der Waals surface area contributed by atoms with Gasteiger partial charge in [0.2, 0.25) is 20.0 Å². The van der Waals surface area contributed by atoms with Crippen molar-refractivity contribution in [3.05, 3.63) is 55.7 Å². The zero-order valence-corrected chi connectivity index (χ0v) is 26.8. The molecular weight excluding hydrogens is 657 g/mol. The van der Waals surface area contributed by atoms with E-state index in [1.54, 1.807) is 12.1 Å². The summed E-state index contributed by atoms with van der Waals surface area (Å²) in [4.78, 5) is 28.2. The molecule has 0 atom stereocenters. The molecule has 0 unspecified atom stereocenters. The average molecular weight is 689 g/mol. The molecule has 1 saturated heterocycles. The fourth-order valence-electron chi connectivity index (χ4n) is 4.50. The van der Waals surface area contributed by atoms with Crippen LogP contribution in [0.25, 0.3) is 20.4 Å². The molecule has 1 aliphatic rings. The van der Waals surface area contributed by atoms with Gasteiger partial charge in [0, 0.05) is 26.2 Å². The van der Waals surface area contributed by atoms with Gasteiger partial charge in [-0.15, -0.1) is 0 Å². The summed E-state index contributed by atoms with van der Waals surface area (Å²) >= 11 is 2.01.